The van der Waals surface area contributed by atoms with Gasteiger partial charge in [-0.2, -0.15) is 0 Å². The molecule has 106 valence electrons. The van der Waals surface area contributed by atoms with Gasteiger partial charge in [0, 0.05) is 0 Å². The Labute approximate surface area is 118 Å². The van der Waals surface area contributed by atoms with Crippen LogP contribution in [0.1, 0.15) is 15.4 Å². The lowest BCUT2D eigenvalue weighted by molar-refractivity contribution is 0.0696. The van der Waals surface area contributed by atoms with E-state index in [4.69, 9.17) is 5.11 Å². The first-order valence-electron chi connectivity index (χ1n) is 5.28. The Morgan fingerprint density at radius 3 is 2.65 bits per heavy atom. The fourth-order valence-corrected chi connectivity index (χ4v) is 3.57. The van der Waals surface area contributed by atoms with E-state index < -0.39 is 21.8 Å². The molecule has 1 aromatic heterocycles. The van der Waals surface area contributed by atoms with E-state index in [9.17, 15) is 17.6 Å². The standard InChI is InChI=1S/C11H9FN2O4S2/c1-6-13-5-10(19-6)20(17,18)14-9-3-2-7(11(15)16)4-8(9)12/h2-5,14H,1H3,(H,15,16). The molecule has 0 fully saturated rings. The fraction of sp³-hybridized carbons (Fsp3) is 0.0909. The summed E-state index contributed by atoms with van der Waals surface area (Å²) in [6.07, 6.45) is 1.17. The van der Waals surface area contributed by atoms with E-state index in [1.54, 1.807) is 6.92 Å². The van der Waals surface area contributed by atoms with Crippen molar-refractivity contribution in [3.8, 4) is 0 Å². The zero-order valence-electron chi connectivity index (χ0n) is 10.1. The number of nitrogens with one attached hydrogen (secondary N) is 1. The van der Waals surface area contributed by atoms with Crippen molar-refractivity contribution in [3.63, 3.8) is 0 Å². The number of aromatic carboxylic acids is 1. The van der Waals surface area contributed by atoms with Crippen molar-refractivity contribution in [1.29, 1.82) is 0 Å². The maximum atomic E-state index is 13.7. The first kappa shape index (κ1) is 14.4. The molecule has 1 heterocycles. The van der Waals surface area contributed by atoms with Crippen LogP contribution in [0.25, 0.3) is 0 Å². The van der Waals surface area contributed by atoms with Crippen LogP contribution in [0.5, 0.6) is 0 Å². The number of thiazole rings is 1. The molecule has 0 aliphatic rings. The summed E-state index contributed by atoms with van der Waals surface area (Å²) in [6, 6.07) is 2.92. The van der Waals surface area contributed by atoms with E-state index in [0.29, 0.717) is 5.01 Å². The molecule has 2 rings (SSSR count). The highest BCUT2D eigenvalue weighted by Crippen LogP contribution is 2.23. The van der Waals surface area contributed by atoms with Crippen molar-refractivity contribution in [2.45, 2.75) is 11.1 Å². The van der Waals surface area contributed by atoms with E-state index in [1.165, 1.54) is 6.20 Å². The van der Waals surface area contributed by atoms with Gasteiger partial charge >= 0.3 is 5.97 Å². The van der Waals surface area contributed by atoms with Crippen molar-refractivity contribution in [2.24, 2.45) is 0 Å². The number of hydrogen-bond donors (Lipinski definition) is 2. The summed E-state index contributed by atoms with van der Waals surface area (Å²) in [5.41, 5.74) is -0.583. The number of carbonyl (C=O) groups is 1. The molecule has 0 saturated heterocycles. The predicted molar refractivity (Wildman–Crippen MR) is 71.0 cm³/mol. The number of benzene rings is 1. The van der Waals surface area contributed by atoms with Gasteiger partial charge in [-0.15, -0.1) is 11.3 Å². The Bertz CT molecular complexity index is 770. The maximum absolute atomic E-state index is 13.7. The molecule has 0 aliphatic carbocycles. The second-order valence-corrected chi connectivity index (χ2v) is 6.95. The third-order valence-electron chi connectivity index (χ3n) is 2.33. The summed E-state index contributed by atoms with van der Waals surface area (Å²) in [5, 5.41) is 9.26. The number of sulfonamides is 1. The van der Waals surface area contributed by atoms with Crippen molar-refractivity contribution in [3.05, 3.63) is 40.8 Å². The van der Waals surface area contributed by atoms with Crippen LogP contribution in [-0.4, -0.2) is 24.5 Å². The Morgan fingerprint density at radius 1 is 1.45 bits per heavy atom. The van der Waals surface area contributed by atoms with Crippen LogP contribution >= 0.6 is 11.3 Å². The largest absolute Gasteiger partial charge is 0.478 e. The molecule has 0 unspecified atom stereocenters. The van der Waals surface area contributed by atoms with Crippen LogP contribution in [0, 0.1) is 12.7 Å². The highest BCUT2D eigenvalue weighted by Gasteiger charge is 2.19. The van der Waals surface area contributed by atoms with Gasteiger partial charge in [0.25, 0.3) is 10.0 Å². The summed E-state index contributed by atoms with van der Waals surface area (Å²) < 4.78 is 39.6. The summed E-state index contributed by atoms with van der Waals surface area (Å²) >= 11 is 0.950. The average molecular weight is 316 g/mol. The first-order chi connectivity index (χ1) is 9.29. The average Bonchev–Trinajstić information content (AvgIpc) is 2.79. The zero-order chi connectivity index (χ0) is 14.9. The Hall–Kier alpha value is -2.00. The monoisotopic (exact) mass is 316 g/mol. The molecule has 0 saturated carbocycles. The van der Waals surface area contributed by atoms with Crippen molar-refractivity contribution >= 4 is 33.0 Å². The second-order valence-electron chi connectivity index (χ2n) is 3.80. The molecule has 2 N–H and O–H groups in total. The zero-order valence-corrected chi connectivity index (χ0v) is 11.8. The van der Waals surface area contributed by atoms with Gasteiger partial charge in [-0.3, -0.25) is 4.72 Å². The minimum absolute atomic E-state index is 0.0447. The van der Waals surface area contributed by atoms with Crippen LogP contribution in [0.15, 0.2) is 28.6 Å². The molecule has 0 amide bonds. The first-order valence-corrected chi connectivity index (χ1v) is 7.57. The highest BCUT2D eigenvalue weighted by molar-refractivity contribution is 7.94. The smallest absolute Gasteiger partial charge is 0.335 e. The number of aromatic nitrogens is 1. The molecular weight excluding hydrogens is 307 g/mol. The van der Waals surface area contributed by atoms with E-state index in [0.717, 1.165) is 29.5 Å². The second kappa shape index (κ2) is 5.17. The lowest BCUT2D eigenvalue weighted by Crippen LogP contribution is -2.13. The molecule has 20 heavy (non-hydrogen) atoms. The van der Waals surface area contributed by atoms with E-state index in [2.05, 4.69) is 9.71 Å². The lowest BCUT2D eigenvalue weighted by atomic mass is 10.2. The van der Waals surface area contributed by atoms with Crippen LogP contribution in [0.3, 0.4) is 0 Å². The van der Waals surface area contributed by atoms with E-state index >= 15 is 0 Å². The SMILES string of the molecule is Cc1ncc(S(=O)(=O)Nc2ccc(C(=O)O)cc2F)s1. The Morgan fingerprint density at radius 2 is 2.15 bits per heavy atom. The molecule has 0 aliphatic heterocycles. The molecule has 1 aromatic carbocycles. The molecule has 0 atom stereocenters. The quantitative estimate of drug-likeness (QED) is 0.900. The normalized spacial score (nSPS) is 11.3. The van der Waals surface area contributed by atoms with Gasteiger partial charge in [-0.1, -0.05) is 0 Å². The van der Waals surface area contributed by atoms with Gasteiger partial charge in [0.2, 0.25) is 0 Å². The van der Waals surface area contributed by atoms with Crippen LogP contribution in [0.2, 0.25) is 0 Å². The lowest BCUT2D eigenvalue weighted by Gasteiger charge is -2.07. The highest BCUT2D eigenvalue weighted by atomic mass is 32.2. The third kappa shape index (κ3) is 2.94. The van der Waals surface area contributed by atoms with Gasteiger partial charge < -0.3 is 5.11 Å². The minimum Gasteiger partial charge on any atom is -0.478 e. The van der Waals surface area contributed by atoms with Gasteiger partial charge in [0.05, 0.1) is 22.5 Å². The molecular formula is C11H9FN2O4S2. The summed E-state index contributed by atoms with van der Waals surface area (Å²) in [6.45, 7) is 1.64. The minimum atomic E-state index is -3.93. The molecule has 0 radical (unpaired) electrons. The van der Waals surface area contributed by atoms with Gasteiger partial charge in [0.1, 0.15) is 5.82 Å². The van der Waals surface area contributed by atoms with Crippen LogP contribution in [0.4, 0.5) is 10.1 Å². The van der Waals surface area contributed by atoms with Gasteiger partial charge in [-0.05, 0) is 25.1 Å². The van der Waals surface area contributed by atoms with Crippen molar-refractivity contribution in [2.75, 3.05) is 4.72 Å². The Balaban J connectivity index is 2.32. The molecule has 0 bridgehead atoms. The number of nitrogens with zero attached hydrogens (tertiary/aromatic N) is 1. The molecule has 0 spiro atoms. The summed E-state index contributed by atoms with van der Waals surface area (Å²) in [4.78, 5) is 14.5. The van der Waals surface area contributed by atoms with E-state index in [-0.39, 0.29) is 15.5 Å². The van der Waals surface area contributed by atoms with Crippen molar-refractivity contribution in [1.82, 2.24) is 4.98 Å². The number of aryl methyl sites for hydroxylation is 1. The predicted octanol–water partition coefficient (Wildman–Crippen LogP) is 2.09. The number of halogens is 1. The van der Waals surface area contributed by atoms with Gasteiger partial charge in [-0.25, -0.2) is 22.6 Å². The number of anilines is 1. The van der Waals surface area contributed by atoms with Gasteiger partial charge in [0.15, 0.2) is 4.21 Å². The number of carboxylic acids is 1. The molecule has 2 aromatic rings. The van der Waals surface area contributed by atoms with E-state index in [1.807, 2.05) is 0 Å². The molecule has 6 nitrogen and oxygen atoms in total. The number of hydrogen-bond acceptors (Lipinski definition) is 5. The Kier molecular flexibility index (Phi) is 3.73. The van der Waals surface area contributed by atoms with Crippen LogP contribution < -0.4 is 4.72 Å². The molecule has 9 heteroatoms. The topological polar surface area (TPSA) is 96.4 Å². The van der Waals surface area contributed by atoms with Crippen LogP contribution in [-0.2, 0) is 10.0 Å². The maximum Gasteiger partial charge on any atom is 0.335 e. The fourth-order valence-electron chi connectivity index (χ4n) is 1.39. The number of rotatable bonds is 4. The summed E-state index contributed by atoms with van der Waals surface area (Å²) in [5.74, 6) is -2.26. The third-order valence-corrected chi connectivity index (χ3v) is 5.06. The van der Waals surface area contributed by atoms with Crippen molar-refractivity contribution < 1.29 is 22.7 Å². The summed E-state index contributed by atoms with van der Waals surface area (Å²) in [7, 11) is -3.93. The number of carboxylic acid groups (broad SMARTS) is 1.